The molecule has 0 atom stereocenters. The molecule has 0 unspecified atom stereocenters. The highest BCUT2D eigenvalue weighted by molar-refractivity contribution is 5.88. The molecule has 22 heavy (non-hydrogen) atoms. The van der Waals surface area contributed by atoms with Gasteiger partial charge < -0.3 is 24.4 Å². The maximum Gasteiger partial charge on any atom is 0.344 e. The molecule has 0 amide bonds. The van der Waals surface area contributed by atoms with Crippen LogP contribution in [0.15, 0.2) is 36.4 Å². The van der Waals surface area contributed by atoms with Gasteiger partial charge in [-0.2, -0.15) is 0 Å². The molecule has 0 aliphatic carbocycles. The quantitative estimate of drug-likeness (QED) is 0.442. The van der Waals surface area contributed by atoms with Crippen LogP contribution in [0.25, 0.3) is 0 Å². The van der Waals surface area contributed by atoms with Gasteiger partial charge in [0.1, 0.15) is 18.1 Å². The number of esters is 2. The molecule has 0 fully saturated rings. The van der Waals surface area contributed by atoms with E-state index < -0.39 is 17.7 Å². The number of hydrogen-bond donors (Lipinski definition) is 2. The van der Waals surface area contributed by atoms with Crippen LogP contribution in [-0.2, 0) is 19.1 Å². The normalized spacial score (nSPS) is 10.7. The first-order valence-corrected chi connectivity index (χ1v) is 6.38. The number of aromatic hydroxyl groups is 1. The monoisotopic (exact) mass is 310 g/mol. The second kappa shape index (κ2) is 7.46. The Labute approximate surface area is 127 Å². The third kappa shape index (κ3) is 6.76. The molecule has 0 saturated heterocycles. The van der Waals surface area contributed by atoms with Crippen molar-refractivity contribution in [2.45, 2.75) is 19.6 Å². The summed E-state index contributed by atoms with van der Waals surface area (Å²) in [6.07, 6.45) is 0. The fraction of sp³-hybridized carbons (Fsp3) is 0.333. The lowest BCUT2D eigenvalue weighted by molar-refractivity contribution is -0.190. The van der Waals surface area contributed by atoms with Crippen LogP contribution in [0.4, 0.5) is 0 Å². The Morgan fingerprint density at radius 2 is 1.77 bits per heavy atom. The largest absolute Gasteiger partial charge is 0.508 e. The van der Waals surface area contributed by atoms with Gasteiger partial charge >= 0.3 is 11.9 Å². The van der Waals surface area contributed by atoms with Crippen molar-refractivity contribution >= 4 is 11.9 Å². The second-order valence-corrected chi connectivity index (χ2v) is 4.88. The summed E-state index contributed by atoms with van der Waals surface area (Å²) in [6, 6.07) is 5.80. The second-order valence-electron chi connectivity index (χ2n) is 4.88. The number of ether oxygens (including phenoxy) is 3. The highest BCUT2D eigenvalue weighted by Gasteiger charge is 2.21. The van der Waals surface area contributed by atoms with Gasteiger partial charge in [-0.1, -0.05) is 6.58 Å². The van der Waals surface area contributed by atoms with Gasteiger partial charge in [-0.3, -0.25) is 0 Å². The summed E-state index contributed by atoms with van der Waals surface area (Å²) in [5, 5.41) is 18.4. The average Bonchev–Trinajstić information content (AvgIpc) is 2.42. The van der Waals surface area contributed by atoms with E-state index in [1.54, 1.807) is 0 Å². The number of phenols is 1. The van der Waals surface area contributed by atoms with Crippen LogP contribution in [0.5, 0.6) is 11.5 Å². The average molecular weight is 310 g/mol. The lowest BCUT2D eigenvalue weighted by atomic mass is 10.3. The molecule has 0 saturated carbocycles. The summed E-state index contributed by atoms with van der Waals surface area (Å²) in [5.74, 6) is -2.73. The molecule has 1 aromatic carbocycles. The van der Waals surface area contributed by atoms with Gasteiger partial charge in [-0.15, -0.1) is 0 Å². The van der Waals surface area contributed by atoms with Crippen LogP contribution in [-0.4, -0.2) is 41.2 Å². The summed E-state index contributed by atoms with van der Waals surface area (Å²) in [6.45, 7) is 5.25. The van der Waals surface area contributed by atoms with Crippen LogP contribution in [0.3, 0.4) is 0 Å². The van der Waals surface area contributed by atoms with Crippen LogP contribution >= 0.6 is 0 Å². The van der Waals surface area contributed by atoms with E-state index in [2.05, 4.69) is 11.3 Å². The van der Waals surface area contributed by atoms with E-state index in [-0.39, 0.29) is 24.5 Å². The van der Waals surface area contributed by atoms with Gasteiger partial charge in [0.25, 0.3) is 0 Å². The Morgan fingerprint density at radius 3 is 2.32 bits per heavy atom. The van der Waals surface area contributed by atoms with Crippen molar-refractivity contribution in [1.29, 1.82) is 0 Å². The van der Waals surface area contributed by atoms with Gasteiger partial charge in [-0.25, -0.2) is 9.59 Å². The zero-order valence-electron chi connectivity index (χ0n) is 12.4. The molecule has 2 N–H and O–H groups in total. The number of benzene rings is 1. The van der Waals surface area contributed by atoms with Crippen molar-refractivity contribution in [1.82, 2.24) is 0 Å². The Hall–Kier alpha value is -2.54. The Balaban J connectivity index is 2.32. The third-order valence-electron chi connectivity index (χ3n) is 2.23. The number of phenolic OH excluding ortho intramolecular Hbond substituents is 1. The number of carbonyl (C=O) groups excluding carboxylic acids is 2. The van der Waals surface area contributed by atoms with Gasteiger partial charge in [0.05, 0.1) is 5.57 Å². The minimum atomic E-state index is -1.63. The molecule has 0 radical (unpaired) electrons. The fourth-order valence-corrected chi connectivity index (χ4v) is 1.25. The predicted octanol–water partition coefficient (Wildman–Crippen LogP) is 1.14. The van der Waals surface area contributed by atoms with E-state index in [4.69, 9.17) is 14.6 Å². The molecular formula is C15H18O7. The molecule has 1 rings (SSSR count). The summed E-state index contributed by atoms with van der Waals surface area (Å²) in [7, 11) is 0. The van der Waals surface area contributed by atoms with Crippen molar-refractivity contribution in [2.24, 2.45) is 0 Å². The summed E-state index contributed by atoms with van der Waals surface area (Å²) in [5.41, 5.74) is -0.111. The smallest absolute Gasteiger partial charge is 0.344 e. The molecule has 1 aromatic rings. The maximum atomic E-state index is 11.5. The number of aliphatic hydroxyl groups is 1. The summed E-state index contributed by atoms with van der Waals surface area (Å²) >= 11 is 0. The highest BCUT2D eigenvalue weighted by atomic mass is 16.7. The summed E-state index contributed by atoms with van der Waals surface area (Å²) < 4.78 is 14.6. The molecule has 0 aliphatic heterocycles. The molecule has 0 bridgehead atoms. The molecule has 120 valence electrons. The van der Waals surface area contributed by atoms with Crippen LogP contribution in [0.1, 0.15) is 13.8 Å². The van der Waals surface area contributed by atoms with E-state index in [9.17, 15) is 14.7 Å². The number of hydrogen-bond acceptors (Lipinski definition) is 7. The molecule has 0 aliphatic rings. The molecule has 7 nitrogen and oxygen atoms in total. The lowest BCUT2D eigenvalue weighted by Crippen LogP contribution is -2.29. The first kappa shape index (κ1) is 17.5. The minimum Gasteiger partial charge on any atom is -0.508 e. The van der Waals surface area contributed by atoms with Gasteiger partial charge in [0, 0.05) is 13.8 Å². The third-order valence-corrected chi connectivity index (χ3v) is 2.23. The fourth-order valence-electron chi connectivity index (χ4n) is 1.25. The van der Waals surface area contributed by atoms with E-state index in [1.165, 1.54) is 38.1 Å². The SMILES string of the molecule is C=C(COC(=O)COc1ccc(O)cc1)C(=O)OC(C)(C)O. The predicted molar refractivity (Wildman–Crippen MR) is 76.1 cm³/mol. The maximum absolute atomic E-state index is 11.5. The Morgan fingerprint density at radius 1 is 1.18 bits per heavy atom. The zero-order valence-corrected chi connectivity index (χ0v) is 12.4. The van der Waals surface area contributed by atoms with Gasteiger partial charge in [-0.05, 0) is 24.3 Å². The van der Waals surface area contributed by atoms with E-state index >= 15 is 0 Å². The Kier molecular flexibility index (Phi) is 5.94. The Bertz CT molecular complexity index is 540. The molecule has 7 heteroatoms. The van der Waals surface area contributed by atoms with Crippen molar-refractivity contribution in [3.63, 3.8) is 0 Å². The van der Waals surface area contributed by atoms with Crippen LogP contribution in [0, 0.1) is 0 Å². The van der Waals surface area contributed by atoms with E-state index in [0.717, 1.165) is 0 Å². The number of rotatable bonds is 7. The van der Waals surface area contributed by atoms with Gasteiger partial charge in [0.15, 0.2) is 6.61 Å². The van der Waals surface area contributed by atoms with Crippen molar-refractivity contribution < 1.29 is 34.0 Å². The zero-order chi connectivity index (χ0) is 16.8. The molecule has 0 heterocycles. The first-order chi connectivity index (χ1) is 10.2. The van der Waals surface area contributed by atoms with Crippen molar-refractivity contribution in [2.75, 3.05) is 13.2 Å². The highest BCUT2D eigenvalue weighted by Crippen LogP contribution is 2.15. The van der Waals surface area contributed by atoms with Crippen molar-refractivity contribution in [3.8, 4) is 11.5 Å². The first-order valence-electron chi connectivity index (χ1n) is 6.38. The van der Waals surface area contributed by atoms with Crippen LogP contribution in [0.2, 0.25) is 0 Å². The van der Waals surface area contributed by atoms with Crippen molar-refractivity contribution in [3.05, 3.63) is 36.4 Å². The number of carbonyl (C=O) groups is 2. The van der Waals surface area contributed by atoms with Gasteiger partial charge in [0.2, 0.25) is 5.79 Å². The van der Waals surface area contributed by atoms with E-state index in [0.29, 0.717) is 5.75 Å². The van der Waals surface area contributed by atoms with Crippen LogP contribution < -0.4 is 4.74 Å². The summed E-state index contributed by atoms with van der Waals surface area (Å²) in [4.78, 5) is 22.9. The standard InChI is InChI=1S/C15H18O7/c1-10(14(18)22-15(2,3)19)8-21-13(17)9-20-12-6-4-11(16)5-7-12/h4-7,16,19H,1,8-9H2,2-3H3. The molecular weight excluding hydrogens is 292 g/mol. The topological polar surface area (TPSA) is 102 Å². The molecule has 0 spiro atoms. The molecule has 0 aromatic heterocycles. The van der Waals surface area contributed by atoms with E-state index in [1.807, 2.05) is 0 Å². The lowest BCUT2D eigenvalue weighted by Gasteiger charge is -2.18. The minimum absolute atomic E-state index is 0.0801.